The second-order valence-corrected chi connectivity index (χ2v) is 7.56. The van der Waals surface area contributed by atoms with E-state index in [1.807, 2.05) is 29.0 Å². The lowest BCUT2D eigenvalue weighted by Gasteiger charge is -2.29. The molecule has 1 N–H and O–H groups in total. The van der Waals surface area contributed by atoms with Gasteiger partial charge in [-0.25, -0.2) is 23.9 Å². The summed E-state index contributed by atoms with van der Waals surface area (Å²) in [7, 11) is 0. The second kappa shape index (κ2) is 7.91. The number of hydrogen-bond acceptors (Lipinski definition) is 7. The number of fused-ring (bicyclic) bond motifs is 2. The van der Waals surface area contributed by atoms with Gasteiger partial charge < -0.3 is 10.1 Å². The Kier molecular flexibility index (Phi) is 4.96. The van der Waals surface area contributed by atoms with Crippen LogP contribution in [-0.2, 0) is 4.74 Å². The molecule has 0 aliphatic heterocycles. The summed E-state index contributed by atoms with van der Waals surface area (Å²) in [6.07, 6.45) is 11.1. The average molecular weight is 407 g/mol. The van der Waals surface area contributed by atoms with E-state index in [2.05, 4.69) is 30.4 Å². The fourth-order valence-electron chi connectivity index (χ4n) is 4.01. The Morgan fingerprint density at radius 1 is 1.10 bits per heavy atom. The molecule has 4 aromatic heterocycles. The summed E-state index contributed by atoms with van der Waals surface area (Å²) in [5.41, 5.74) is 4.18. The molecule has 9 heteroatoms. The van der Waals surface area contributed by atoms with Gasteiger partial charge in [0.15, 0.2) is 12.0 Å². The molecule has 1 fully saturated rings. The maximum absolute atomic E-state index is 13.0. The highest BCUT2D eigenvalue weighted by Crippen LogP contribution is 2.27. The maximum Gasteiger partial charge on any atom is 0.241 e. The first-order valence-electron chi connectivity index (χ1n) is 10.1. The fourth-order valence-corrected chi connectivity index (χ4v) is 4.01. The van der Waals surface area contributed by atoms with Crippen LogP contribution in [0.15, 0.2) is 43.1 Å². The van der Waals surface area contributed by atoms with Gasteiger partial charge in [-0.2, -0.15) is 0 Å². The molecule has 1 atom stereocenters. The molecule has 0 bridgehead atoms. The molecule has 1 unspecified atom stereocenters. The van der Waals surface area contributed by atoms with Gasteiger partial charge in [-0.05, 0) is 44.7 Å². The van der Waals surface area contributed by atoms with Crippen molar-refractivity contribution >= 4 is 22.6 Å². The van der Waals surface area contributed by atoms with Gasteiger partial charge in [0.1, 0.15) is 5.52 Å². The quantitative estimate of drug-likeness (QED) is 0.538. The number of halogens is 1. The van der Waals surface area contributed by atoms with E-state index in [0.29, 0.717) is 11.6 Å². The molecule has 0 amide bonds. The van der Waals surface area contributed by atoms with Crippen molar-refractivity contribution in [2.75, 3.05) is 5.32 Å². The molecule has 30 heavy (non-hydrogen) atoms. The molecule has 1 saturated carbocycles. The summed E-state index contributed by atoms with van der Waals surface area (Å²) in [4.78, 5) is 17.4. The number of alkyl halides is 1. The number of nitrogens with zero attached hydrogens (tertiary/aromatic N) is 6. The molecule has 8 nitrogen and oxygen atoms in total. The number of nitrogens with one attached hydrogen (secondary N) is 1. The van der Waals surface area contributed by atoms with Crippen LogP contribution in [0.1, 0.15) is 32.6 Å². The molecular formula is C21H22FN7O. The lowest BCUT2D eigenvalue weighted by atomic mass is 9.93. The van der Waals surface area contributed by atoms with Crippen LogP contribution >= 0.6 is 0 Å². The number of rotatable bonds is 5. The highest BCUT2D eigenvalue weighted by molar-refractivity contribution is 5.84. The minimum atomic E-state index is -1.21. The normalized spacial score (nSPS) is 20.5. The number of hydrogen-bond donors (Lipinski definition) is 1. The van der Waals surface area contributed by atoms with Crippen molar-refractivity contribution in [2.24, 2.45) is 0 Å². The lowest BCUT2D eigenvalue weighted by Crippen LogP contribution is -2.31. The Balaban J connectivity index is 1.33. The number of aromatic nitrogens is 6. The Hall–Kier alpha value is -3.20. The molecular weight excluding hydrogens is 385 g/mol. The summed E-state index contributed by atoms with van der Waals surface area (Å²) in [6, 6.07) is 4.22. The van der Waals surface area contributed by atoms with Crippen molar-refractivity contribution < 1.29 is 9.13 Å². The Labute approximate surface area is 172 Å². The number of ether oxygens (including phenoxy) is 1. The Morgan fingerprint density at radius 2 is 1.93 bits per heavy atom. The van der Waals surface area contributed by atoms with Gasteiger partial charge in [-0.15, -0.1) is 5.10 Å². The summed E-state index contributed by atoms with van der Waals surface area (Å²) >= 11 is 0. The van der Waals surface area contributed by atoms with E-state index in [1.54, 1.807) is 18.6 Å². The van der Waals surface area contributed by atoms with Gasteiger partial charge in [0.2, 0.25) is 5.95 Å². The summed E-state index contributed by atoms with van der Waals surface area (Å²) in [5, 5.41) is 8.00. The van der Waals surface area contributed by atoms with Crippen LogP contribution in [0.4, 0.5) is 10.3 Å². The van der Waals surface area contributed by atoms with Crippen LogP contribution in [0.2, 0.25) is 0 Å². The first kappa shape index (κ1) is 18.8. The van der Waals surface area contributed by atoms with Crippen LogP contribution in [-0.4, -0.2) is 48.1 Å². The minimum absolute atomic E-state index is 0.00120. The van der Waals surface area contributed by atoms with E-state index in [9.17, 15) is 4.39 Å². The van der Waals surface area contributed by atoms with Gasteiger partial charge in [0.25, 0.3) is 0 Å². The highest BCUT2D eigenvalue weighted by atomic mass is 19.1. The number of pyridine rings is 1. The smallest absolute Gasteiger partial charge is 0.241 e. The predicted octanol–water partition coefficient (Wildman–Crippen LogP) is 3.79. The standard InChI is InChI=1S/C21H22FN7O/c1-13(22)30-16-4-2-15(3-5-16)27-21-26-12-19-17(6-9-29(19)28-21)14-10-18-20(25-11-14)24-8-7-23-18/h6-13,15-16H,2-5H2,1H3,(H,27,28). The first-order chi connectivity index (χ1) is 14.7. The van der Waals surface area contributed by atoms with Crippen LogP contribution < -0.4 is 5.32 Å². The van der Waals surface area contributed by atoms with Crippen molar-refractivity contribution in [3.8, 4) is 11.1 Å². The van der Waals surface area contributed by atoms with Crippen LogP contribution in [0, 0.1) is 0 Å². The molecule has 0 aromatic carbocycles. The van der Waals surface area contributed by atoms with Crippen molar-refractivity contribution in [3.05, 3.63) is 43.1 Å². The number of anilines is 1. The van der Waals surface area contributed by atoms with E-state index >= 15 is 0 Å². The molecule has 4 aromatic rings. The largest absolute Gasteiger partial charge is 0.350 e. The van der Waals surface area contributed by atoms with Crippen LogP contribution in [0.25, 0.3) is 27.8 Å². The van der Waals surface area contributed by atoms with E-state index in [0.717, 1.165) is 47.8 Å². The van der Waals surface area contributed by atoms with Crippen molar-refractivity contribution in [1.82, 2.24) is 29.5 Å². The maximum atomic E-state index is 13.0. The van der Waals surface area contributed by atoms with Gasteiger partial charge in [-0.1, -0.05) is 0 Å². The average Bonchev–Trinajstić information content (AvgIpc) is 3.18. The SMILES string of the molecule is CC(F)OC1CCC(Nc2ncc3c(-c4cnc5nccnc5c4)ccn3n2)CC1. The zero-order valence-corrected chi connectivity index (χ0v) is 16.6. The van der Waals surface area contributed by atoms with Gasteiger partial charge in [0.05, 0.1) is 17.8 Å². The molecule has 0 spiro atoms. The molecule has 0 radical (unpaired) electrons. The Morgan fingerprint density at radius 3 is 2.77 bits per heavy atom. The van der Waals surface area contributed by atoms with E-state index in [1.165, 1.54) is 6.92 Å². The molecule has 0 saturated heterocycles. The predicted molar refractivity (Wildman–Crippen MR) is 111 cm³/mol. The molecule has 1 aliphatic carbocycles. The third-order valence-electron chi connectivity index (χ3n) is 5.44. The van der Waals surface area contributed by atoms with Crippen molar-refractivity contribution in [3.63, 3.8) is 0 Å². The molecule has 1 aliphatic rings. The third kappa shape index (κ3) is 3.80. The van der Waals surface area contributed by atoms with Gasteiger partial charge in [-0.3, -0.25) is 4.98 Å². The van der Waals surface area contributed by atoms with Crippen molar-refractivity contribution in [2.45, 2.75) is 51.1 Å². The van der Waals surface area contributed by atoms with Crippen molar-refractivity contribution in [1.29, 1.82) is 0 Å². The third-order valence-corrected chi connectivity index (χ3v) is 5.44. The second-order valence-electron chi connectivity index (χ2n) is 7.56. The van der Waals surface area contributed by atoms with Gasteiger partial charge in [0, 0.05) is 42.0 Å². The lowest BCUT2D eigenvalue weighted by molar-refractivity contribution is -0.0862. The molecule has 5 rings (SSSR count). The fraction of sp³-hybridized carbons (Fsp3) is 0.381. The monoisotopic (exact) mass is 407 g/mol. The zero-order chi connectivity index (χ0) is 20.5. The summed E-state index contributed by atoms with van der Waals surface area (Å²) in [6.45, 7) is 1.43. The van der Waals surface area contributed by atoms with Crippen LogP contribution in [0.3, 0.4) is 0 Å². The zero-order valence-electron chi connectivity index (χ0n) is 16.6. The summed E-state index contributed by atoms with van der Waals surface area (Å²) in [5.74, 6) is 0.579. The minimum Gasteiger partial charge on any atom is -0.350 e. The van der Waals surface area contributed by atoms with E-state index in [-0.39, 0.29) is 12.1 Å². The summed E-state index contributed by atoms with van der Waals surface area (Å²) < 4.78 is 20.1. The van der Waals surface area contributed by atoms with Crippen LogP contribution in [0.5, 0.6) is 0 Å². The first-order valence-corrected chi connectivity index (χ1v) is 10.1. The molecule has 154 valence electrons. The highest BCUT2D eigenvalue weighted by Gasteiger charge is 2.23. The molecule has 4 heterocycles. The topological polar surface area (TPSA) is 90.1 Å². The van der Waals surface area contributed by atoms with Gasteiger partial charge >= 0.3 is 0 Å². The Bertz CT molecular complexity index is 1170. The van der Waals surface area contributed by atoms with E-state index in [4.69, 9.17) is 4.74 Å². The van der Waals surface area contributed by atoms with E-state index < -0.39 is 6.36 Å².